The van der Waals surface area contributed by atoms with Crippen LogP contribution in [0.1, 0.15) is 17.2 Å². The third kappa shape index (κ3) is 3.96. The molecule has 1 heterocycles. The molecule has 0 spiro atoms. The number of halogens is 2. The minimum Gasteiger partial charge on any atom is -0.497 e. The van der Waals surface area contributed by atoms with Crippen molar-refractivity contribution >= 4 is 5.91 Å². The van der Waals surface area contributed by atoms with Gasteiger partial charge in [-0.2, -0.15) is 0 Å². The van der Waals surface area contributed by atoms with Crippen LogP contribution in [0.4, 0.5) is 8.78 Å². The smallest absolute Gasteiger partial charge is 0.227 e. The van der Waals surface area contributed by atoms with Gasteiger partial charge in [0.15, 0.2) is 11.6 Å². The second kappa shape index (κ2) is 7.61. The van der Waals surface area contributed by atoms with Crippen LogP contribution in [0, 0.1) is 11.6 Å². The van der Waals surface area contributed by atoms with Gasteiger partial charge in [-0.1, -0.05) is 18.2 Å². The average molecular weight is 346 g/mol. The maximum Gasteiger partial charge on any atom is 0.227 e. The number of methoxy groups -OCH3 is 1. The van der Waals surface area contributed by atoms with Gasteiger partial charge in [0.25, 0.3) is 0 Å². The summed E-state index contributed by atoms with van der Waals surface area (Å²) in [4.78, 5) is 14.5. The molecule has 0 radical (unpaired) electrons. The van der Waals surface area contributed by atoms with E-state index in [0.717, 1.165) is 23.4 Å². The molecule has 2 aromatic carbocycles. The van der Waals surface area contributed by atoms with E-state index in [0.29, 0.717) is 25.2 Å². The first kappa shape index (κ1) is 17.4. The maximum absolute atomic E-state index is 13.4. The van der Waals surface area contributed by atoms with Crippen LogP contribution in [0.5, 0.6) is 5.75 Å². The van der Waals surface area contributed by atoms with E-state index in [9.17, 15) is 13.6 Å². The largest absolute Gasteiger partial charge is 0.497 e. The van der Waals surface area contributed by atoms with E-state index in [1.807, 2.05) is 24.3 Å². The number of amides is 1. The third-order valence-corrected chi connectivity index (χ3v) is 4.40. The van der Waals surface area contributed by atoms with Crippen LogP contribution in [0.2, 0.25) is 0 Å². The molecule has 1 N–H and O–H groups in total. The molecule has 0 aromatic heterocycles. The topological polar surface area (TPSA) is 41.6 Å². The van der Waals surface area contributed by atoms with Gasteiger partial charge in [0.1, 0.15) is 5.75 Å². The van der Waals surface area contributed by atoms with E-state index in [1.54, 1.807) is 12.0 Å². The van der Waals surface area contributed by atoms with Crippen LogP contribution in [0.25, 0.3) is 0 Å². The molecule has 0 unspecified atom stereocenters. The molecular weight excluding hydrogens is 326 g/mol. The zero-order valence-corrected chi connectivity index (χ0v) is 14.0. The molecule has 0 aliphatic carbocycles. The predicted octanol–water partition coefficient (Wildman–Crippen LogP) is 2.69. The molecule has 4 nitrogen and oxygen atoms in total. The van der Waals surface area contributed by atoms with Gasteiger partial charge in [-0.05, 0) is 35.4 Å². The normalized spacial score (nSPS) is 17.4. The van der Waals surface area contributed by atoms with Gasteiger partial charge < -0.3 is 15.0 Å². The number of nitrogens with one attached hydrogen (secondary N) is 1. The minimum atomic E-state index is -0.933. The van der Waals surface area contributed by atoms with E-state index >= 15 is 0 Å². The van der Waals surface area contributed by atoms with Crippen LogP contribution in [0.15, 0.2) is 42.5 Å². The van der Waals surface area contributed by atoms with Gasteiger partial charge in [0.2, 0.25) is 5.91 Å². The number of rotatable bonds is 4. The second-order valence-corrected chi connectivity index (χ2v) is 6.01. The molecule has 0 bridgehead atoms. The maximum atomic E-state index is 13.4. The molecule has 6 heteroatoms. The van der Waals surface area contributed by atoms with Crippen molar-refractivity contribution < 1.29 is 18.3 Å². The number of nitrogens with zero attached hydrogens (tertiary/aromatic N) is 1. The van der Waals surface area contributed by atoms with Crippen molar-refractivity contribution in [2.24, 2.45) is 0 Å². The van der Waals surface area contributed by atoms with Crippen molar-refractivity contribution in [1.29, 1.82) is 0 Å². The van der Waals surface area contributed by atoms with Crippen LogP contribution in [-0.2, 0) is 11.2 Å². The minimum absolute atomic E-state index is 0.0455. The molecule has 1 fully saturated rings. The van der Waals surface area contributed by atoms with Crippen molar-refractivity contribution in [3.63, 3.8) is 0 Å². The van der Waals surface area contributed by atoms with Crippen molar-refractivity contribution in [2.45, 2.75) is 12.5 Å². The highest BCUT2D eigenvalue weighted by molar-refractivity contribution is 5.79. The van der Waals surface area contributed by atoms with E-state index in [4.69, 9.17) is 4.74 Å². The molecule has 1 atom stereocenters. The lowest BCUT2D eigenvalue weighted by atomic mass is 10.0. The fourth-order valence-corrected chi connectivity index (χ4v) is 3.05. The number of benzene rings is 2. The molecule has 132 valence electrons. The summed E-state index contributed by atoms with van der Waals surface area (Å²) < 4.78 is 31.6. The summed E-state index contributed by atoms with van der Waals surface area (Å²) in [6.07, 6.45) is 0.0455. The van der Waals surface area contributed by atoms with Gasteiger partial charge in [-0.25, -0.2) is 8.78 Å². The Labute approximate surface area is 145 Å². The SMILES string of the molecule is COc1ccc([C@@H]2CNCCN2C(=O)Cc2ccc(F)c(F)c2)cc1. The van der Waals surface area contributed by atoms with Crippen LogP contribution < -0.4 is 10.1 Å². The number of carbonyl (C=O) groups is 1. The predicted molar refractivity (Wildman–Crippen MR) is 90.4 cm³/mol. The fourth-order valence-electron chi connectivity index (χ4n) is 3.05. The summed E-state index contributed by atoms with van der Waals surface area (Å²) >= 11 is 0. The zero-order valence-electron chi connectivity index (χ0n) is 14.0. The summed E-state index contributed by atoms with van der Waals surface area (Å²) in [5.41, 5.74) is 1.47. The average Bonchev–Trinajstić information content (AvgIpc) is 2.65. The highest BCUT2D eigenvalue weighted by Crippen LogP contribution is 2.25. The van der Waals surface area contributed by atoms with Crippen molar-refractivity contribution in [1.82, 2.24) is 10.2 Å². The fraction of sp³-hybridized carbons (Fsp3) is 0.316. The van der Waals surface area contributed by atoms with Gasteiger partial charge in [-0.3, -0.25) is 4.79 Å². The highest BCUT2D eigenvalue weighted by atomic mass is 19.2. The first-order valence-electron chi connectivity index (χ1n) is 8.16. The molecule has 1 amide bonds. The summed E-state index contributed by atoms with van der Waals surface area (Å²) in [6, 6.07) is 11.1. The first-order chi connectivity index (χ1) is 12.1. The quantitative estimate of drug-likeness (QED) is 0.926. The first-order valence-corrected chi connectivity index (χ1v) is 8.16. The molecule has 1 saturated heterocycles. The molecule has 0 saturated carbocycles. The Bertz CT molecular complexity index is 750. The Kier molecular flexibility index (Phi) is 5.28. The van der Waals surface area contributed by atoms with E-state index in [2.05, 4.69) is 5.32 Å². The van der Waals surface area contributed by atoms with Crippen molar-refractivity contribution in [3.05, 3.63) is 65.2 Å². The van der Waals surface area contributed by atoms with Gasteiger partial charge in [0.05, 0.1) is 19.6 Å². The van der Waals surface area contributed by atoms with E-state index < -0.39 is 11.6 Å². The Balaban J connectivity index is 1.77. The summed E-state index contributed by atoms with van der Waals surface area (Å²) in [7, 11) is 1.61. The molecule has 1 aliphatic rings. The lowest BCUT2D eigenvalue weighted by Crippen LogP contribution is -2.49. The van der Waals surface area contributed by atoms with Gasteiger partial charge in [-0.15, -0.1) is 0 Å². The number of hydrogen-bond acceptors (Lipinski definition) is 3. The third-order valence-electron chi connectivity index (χ3n) is 4.40. The summed E-state index contributed by atoms with van der Waals surface area (Å²) in [5.74, 6) is -1.19. The zero-order chi connectivity index (χ0) is 17.8. The lowest BCUT2D eigenvalue weighted by molar-refractivity contribution is -0.133. The standard InChI is InChI=1S/C19H20F2N2O2/c1-25-15-5-3-14(4-6-15)18-12-22-8-9-23(18)19(24)11-13-2-7-16(20)17(21)10-13/h2-7,10,18,22H,8-9,11-12H2,1H3/t18-/m0/s1. The summed E-state index contributed by atoms with van der Waals surface area (Å²) in [5, 5.41) is 3.29. The monoisotopic (exact) mass is 346 g/mol. The molecule has 25 heavy (non-hydrogen) atoms. The Hall–Kier alpha value is -2.47. The Morgan fingerprint density at radius 1 is 1.20 bits per heavy atom. The highest BCUT2D eigenvalue weighted by Gasteiger charge is 2.27. The lowest BCUT2D eigenvalue weighted by Gasteiger charge is -2.36. The van der Waals surface area contributed by atoms with E-state index in [-0.39, 0.29) is 18.4 Å². The molecule has 2 aromatic rings. The van der Waals surface area contributed by atoms with Crippen molar-refractivity contribution in [2.75, 3.05) is 26.7 Å². The van der Waals surface area contributed by atoms with Crippen LogP contribution in [-0.4, -0.2) is 37.6 Å². The number of hydrogen-bond donors (Lipinski definition) is 1. The van der Waals surface area contributed by atoms with Crippen LogP contribution >= 0.6 is 0 Å². The van der Waals surface area contributed by atoms with E-state index in [1.165, 1.54) is 6.07 Å². The molecule has 1 aliphatic heterocycles. The number of ether oxygens (including phenoxy) is 1. The second-order valence-electron chi connectivity index (χ2n) is 6.01. The number of carbonyl (C=O) groups excluding carboxylic acids is 1. The summed E-state index contributed by atoms with van der Waals surface area (Å²) in [6.45, 7) is 1.92. The molecule has 3 rings (SSSR count). The Morgan fingerprint density at radius 2 is 1.96 bits per heavy atom. The van der Waals surface area contributed by atoms with Gasteiger partial charge >= 0.3 is 0 Å². The number of piperazine rings is 1. The van der Waals surface area contributed by atoms with Gasteiger partial charge in [0, 0.05) is 19.6 Å². The Morgan fingerprint density at radius 3 is 2.64 bits per heavy atom. The molecular formula is C19H20F2N2O2. The van der Waals surface area contributed by atoms with Crippen LogP contribution in [0.3, 0.4) is 0 Å². The van der Waals surface area contributed by atoms with Crippen molar-refractivity contribution in [3.8, 4) is 5.75 Å².